The summed E-state index contributed by atoms with van der Waals surface area (Å²) in [5.74, 6) is -0.914. The summed E-state index contributed by atoms with van der Waals surface area (Å²) in [6.45, 7) is 2.05. The minimum Gasteiger partial charge on any atom is -0.454 e. The lowest BCUT2D eigenvalue weighted by atomic mass is 9.79. The second kappa shape index (κ2) is 8.77. The first-order valence-corrected chi connectivity index (χ1v) is 12.8. The van der Waals surface area contributed by atoms with Gasteiger partial charge in [-0.05, 0) is 29.7 Å². The smallest absolute Gasteiger partial charge is 0.343 e. The van der Waals surface area contributed by atoms with Crippen molar-refractivity contribution in [3.05, 3.63) is 46.7 Å². The molecule has 1 saturated carbocycles. The molecule has 0 radical (unpaired) electrons. The highest BCUT2D eigenvalue weighted by Crippen LogP contribution is 2.45. The molecular weight excluding hydrogens is 440 g/mol. The number of nitrogens with zero attached hydrogens (tertiary/aromatic N) is 3. The number of carbonyl (C=O) groups is 2. The van der Waals surface area contributed by atoms with Crippen molar-refractivity contribution < 1.29 is 23.9 Å². The van der Waals surface area contributed by atoms with Crippen LogP contribution in [0.1, 0.15) is 55.8 Å². The number of esters is 1. The van der Waals surface area contributed by atoms with Crippen molar-refractivity contribution in [1.29, 1.82) is 0 Å². The number of hydrogen-bond acceptors (Lipinski definition) is 7. The lowest BCUT2D eigenvalue weighted by molar-refractivity contribution is -0.965. The Morgan fingerprint density at radius 1 is 1.21 bits per heavy atom. The topological polar surface area (TPSA) is 115 Å². The van der Waals surface area contributed by atoms with Gasteiger partial charge in [-0.25, -0.2) is 4.79 Å². The number of fused-ring (bicyclic) bond motifs is 3. The number of aliphatic hydroxyl groups is 1. The number of aromatic nitrogens is 2. The van der Waals surface area contributed by atoms with Gasteiger partial charge in [-0.3, -0.25) is 14.8 Å². The zero-order valence-corrected chi connectivity index (χ0v) is 19.5. The SMILES string of the molecule is NC(=O)C(c1cnccn1)[N+]12CCC(CC1)[C@@H](OC(=O)C(O)(c1ccsc1)C1CCCC1)C2. The Morgan fingerprint density at radius 2 is 1.97 bits per heavy atom. The first-order chi connectivity index (χ1) is 15.9. The van der Waals surface area contributed by atoms with E-state index in [0.717, 1.165) is 51.6 Å². The maximum absolute atomic E-state index is 13.6. The molecule has 5 heterocycles. The predicted octanol–water partition coefficient (Wildman–Crippen LogP) is 2.29. The molecule has 3 atom stereocenters. The molecular formula is C24H31N4O4S+. The van der Waals surface area contributed by atoms with Gasteiger partial charge in [0.1, 0.15) is 12.2 Å². The Kier molecular flexibility index (Phi) is 5.96. The van der Waals surface area contributed by atoms with Crippen molar-refractivity contribution in [1.82, 2.24) is 9.97 Å². The van der Waals surface area contributed by atoms with Crippen LogP contribution in [0.5, 0.6) is 0 Å². The minimum atomic E-state index is -1.62. The summed E-state index contributed by atoms with van der Waals surface area (Å²) in [6.07, 6.45) is 9.68. The molecule has 2 bridgehead atoms. The molecule has 33 heavy (non-hydrogen) atoms. The van der Waals surface area contributed by atoms with E-state index >= 15 is 0 Å². The summed E-state index contributed by atoms with van der Waals surface area (Å²) in [4.78, 5) is 34.7. The average molecular weight is 472 g/mol. The van der Waals surface area contributed by atoms with Gasteiger partial charge in [0.05, 0.1) is 19.3 Å². The van der Waals surface area contributed by atoms with Crippen LogP contribution in [0.25, 0.3) is 0 Å². The summed E-state index contributed by atoms with van der Waals surface area (Å²) in [5.41, 5.74) is 5.43. The number of nitrogens with two attached hydrogens (primary N) is 1. The largest absolute Gasteiger partial charge is 0.454 e. The van der Waals surface area contributed by atoms with E-state index < -0.39 is 23.5 Å². The van der Waals surface area contributed by atoms with Gasteiger partial charge in [-0.15, -0.1) is 0 Å². The predicted molar refractivity (Wildman–Crippen MR) is 122 cm³/mol. The average Bonchev–Trinajstić information content (AvgIpc) is 3.55. The highest BCUT2D eigenvalue weighted by molar-refractivity contribution is 7.08. The summed E-state index contributed by atoms with van der Waals surface area (Å²) in [6, 6.07) is 1.19. The van der Waals surface area contributed by atoms with Gasteiger partial charge in [0.25, 0.3) is 5.91 Å². The minimum absolute atomic E-state index is 0.137. The lowest BCUT2D eigenvalue weighted by Crippen LogP contribution is -2.67. The van der Waals surface area contributed by atoms with Gasteiger partial charge in [0, 0.05) is 42.6 Å². The number of thiophene rings is 1. The third-order valence-electron chi connectivity index (χ3n) is 8.12. The van der Waals surface area contributed by atoms with Crippen LogP contribution in [0.2, 0.25) is 0 Å². The van der Waals surface area contributed by atoms with Crippen LogP contribution in [0.4, 0.5) is 0 Å². The normalized spacial score (nSPS) is 30.0. The van der Waals surface area contributed by atoms with Crippen molar-refractivity contribution in [3.8, 4) is 0 Å². The number of rotatable bonds is 7. The lowest BCUT2D eigenvalue weighted by Gasteiger charge is -2.54. The molecule has 0 spiro atoms. The van der Waals surface area contributed by atoms with Gasteiger partial charge >= 0.3 is 5.97 Å². The molecule has 176 valence electrons. The fourth-order valence-electron chi connectivity index (χ4n) is 6.38. The zero-order valence-electron chi connectivity index (χ0n) is 18.6. The van der Waals surface area contributed by atoms with Crippen molar-refractivity contribution in [3.63, 3.8) is 0 Å². The summed E-state index contributed by atoms with van der Waals surface area (Å²) < 4.78 is 6.55. The highest BCUT2D eigenvalue weighted by Gasteiger charge is 2.56. The van der Waals surface area contributed by atoms with Gasteiger partial charge < -0.3 is 20.1 Å². The van der Waals surface area contributed by atoms with E-state index in [0.29, 0.717) is 22.3 Å². The van der Waals surface area contributed by atoms with Crippen molar-refractivity contribution in [2.24, 2.45) is 17.6 Å². The van der Waals surface area contributed by atoms with Gasteiger partial charge in [0.2, 0.25) is 6.04 Å². The Bertz CT molecular complexity index is 987. The molecule has 2 aromatic heterocycles. The monoisotopic (exact) mass is 471 g/mol. The number of primary amides is 1. The van der Waals surface area contributed by atoms with Crippen molar-refractivity contribution in [2.75, 3.05) is 19.6 Å². The molecule has 1 amide bonds. The quantitative estimate of drug-likeness (QED) is 0.473. The molecule has 6 rings (SSSR count). The second-order valence-corrected chi connectivity index (χ2v) is 10.6. The summed E-state index contributed by atoms with van der Waals surface area (Å²) in [5, 5.41) is 15.4. The van der Waals surface area contributed by atoms with E-state index in [1.54, 1.807) is 18.6 Å². The maximum atomic E-state index is 13.6. The van der Waals surface area contributed by atoms with E-state index in [9.17, 15) is 14.7 Å². The number of quaternary nitrogens is 1. The van der Waals surface area contributed by atoms with Crippen LogP contribution >= 0.6 is 11.3 Å². The van der Waals surface area contributed by atoms with E-state index in [1.165, 1.54) is 11.3 Å². The van der Waals surface area contributed by atoms with Crippen LogP contribution in [-0.2, 0) is 19.9 Å². The summed E-state index contributed by atoms with van der Waals surface area (Å²) in [7, 11) is 0. The number of ether oxygens (including phenoxy) is 1. The van der Waals surface area contributed by atoms with Crippen LogP contribution in [0, 0.1) is 11.8 Å². The highest BCUT2D eigenvalue weighted by atomic mass is 32.1. The Hall–Kier alpha value is -2.36. The molecule has 9 heteroatoms. The van der Waals surface area contributed by atoms with E-state index in [-0.39, 0.29) is 17.9 Å². The zero-order chi connectivity index (χ0) is 23.1. The fraction of sp³-hybridized carbons (Fsp3) is 0.583. The third kappa shape index (κ3) is 3.86. The molecule has 2 aromatic rings. The number of hydrogen-bond donors (Lipinski definition) is 2. The molecule has 3 aliphatic heterocycles. The standard InChI is InChI=1S/C24H30N4O4S/c25-22(29)21(19-13-26-8-9-27-19)28-10-5-16(6-11-28)20(14-28)32-23(30)24(31,17-3-1-2-4-17)18-7-12-33-15-18/h7-9,12-13,15-17,20-21,31H,1-6,10-11,14H2,(H-,25,29)/p+1/t16?,20-,21?,24?,28?/m0/s1. The summed E-state index contributed by atoms with van der Waals surface area (Å²) >= 11 is 1.47. The van der Waals surface area contributed by atoms with E-state index in [4.69, 9.17) is 10.5 Å². The van der Waals surface area contributed by atoms with Gasteiger partial charge in [-0.1, -0.05) is 12.8 Å². The Labute approximate surface area is 197 Å². The van der Waals surface area contributed by atoms with Crippen LogP contribution in [0.3, 0.4) is 0 Å². The number of amides is 1. The van der Waals surface area contributed by atoms with Crippen molar-refractivity contribution >= 4 is 23.2 Å². The number of carbonyl (C=O) groups excluding carboxylic acids is 2. The second-order valence-electron chi connectivity index (χ2n) is 9.82. The van der Waals surface area contributed by atoms with E-state index in [2.05, 4.69) is 9.97 Å². The number of piperidine rings is 3. The first kappa shape index (κ1) is 22.4. The fourth-order valence-corrected chi connectivity index (χ4v) is 7.09. The first-order valence-electron chi connectivity index (χ1n) is 11.8. The molecule has 2 unspecified atom stereocenters. The Balaban J connectivity index is 1.41. The van der Waals surface area contributed by atoms with Crippen molar-refractivity contribution in [2.45, 2.75) is 56.3 Å². The maximum Gasteiger partial charge on any atom is 0.343 e. The molecule has 4 aliphatic rings. The molecule has 3 N–H and O–H groups in total. The van der Waals surface area contributed by atoms with Crippen LogP contribution < -0.4 is 5.73 Å². The third-order valence-corrected chi connectivity index (χ3v) is 8.80. The van der Waals surface area contributed by atoms with Crippen LogP contribution in [-0.4, -0.2) is 57.2 Å². The van der Waals surface area contributed by atoms with E-state index in [1.807, 2.05) is 16.8 Å². The molecule has 0 aromatic carbocycles. The molecule has 4 fully saturated rings. The van der Waals surface area contributed by atoms with Gasteiger partial charge in [0.15, 0.2) is 11.7 Å². The Morgan fingerprint density at radius 3 is 2.58 bits per heavy atom. The van der Waals surface area contributed by atoms with Gasteiger partial charge in [-0.2, -0.15) is 11.3 Å². The van der Waals surface area contributed by atoms with Crippen LogP contribution in [0.15, 0.2) is 35.4 Å². The molecule has 1 aliphatic carbocycles. The molecule has 3 saturated heterocycles. The molecule has 8 nitrogen and oxygen atoms in total.